The molecule has 1 aromatic carbocycles. The number of para-hydroxylation sites is 1. The number of unbranched alkanes of at least 4 members (excludes halogenated alkanes) is 1. The van der Waals surface area contributed by atoms with Crippen molar-refractivity contribution in [3.05, 3.63) is 29.8 Å². The standard InChI is InChI=1S/C29H47N3O2/c1-29(2,3)23-34-27-14-8-7-13-26(27)24-15-19-30(20-16-24)17-9-10-18-31-21-22-32(28(31)33)25-11-5-4-6-12-25/h7-8,13-14,24-25H,4-6,9-12,15-23H2,1-3H3. The predicted molar refractivity (Wildman–Crippen MR) is 140 cm³/mol. The van der Waals surface area contributed by atoms with Crippen molar-refractivity contribution in [2.24, 2.45) is 5.41 Å². The molecular weight excluding hydrogens is 422 g/mol. The van der Waals surface area contributed by atoms with Crippen LogP contribution in [0.3, 0.4) is 0 Å². The Kier molecular flexibility index (Phi) is 8.79. The van der Waals surface area contributed by atoms with E-state index in [-0.39, 0.29) is 5.41 Å². The van der Waals surface area contributed by atoms with E-state index in [1.165, 1.54) is 56.9 Å². The van der Waals surface area contributed by atoms with E-state index in [1.54, 1.807) is 0 Å². The summed E-state index contributed by atoms with van der Waals surface area (Å²) in [6.45, 7) is 13.7. The molecule has 3 fully saturated rings. The smallest absolute Gasteiger partial charge is 0.320 e. The average molecular weight is 470 g/mol. The summed E-state index contributed by atoms with van der Waals surface area (Å²) in [4.78, 5) is 19.7. The molecule has 0 bridgehead atoms. The average Bonchev–Trinajstić information content (AvgIpc) is 3.21. The van der Waals surface area contributed by atoms with Gasteiger partial charge in [-0.3, -0.25) is 0 Å². The Bertz CT molecular complexity index is 776. The SMILES string of the molecule is CC(C)(C)COc1ccccc1C1CCN(CCCCN2CCN(C3CCCCC3)C2=O)CC1. The molecule has 4 rings (SSSR count). The molecule has 5 nitrogen and oxygen atoms in total. The summed E-state index contributed by atoms with van der Waals surface area (Å²) in [5.74, 6) is 1.67. The summed E-state index contributed by atoms with van der Waals surface area (Å²) in [7, 11) is 0. The first kappa shape index (κ1) is 25.3. The van der Waals surface area contributed by atoms with Gasteiger partial charge in [-0.2, -0.15) is 0 Å². The number of rotatable bonds is 9. The Morgan fingerprint density at radius 3 is 2.32 bits per heavy atom. The lowest BCUT2D eigenvalue weighted by atomic mass is 9.88. The number of benzene rings is 1. The predicted octanol–water partition coefficient (Wildman–Crippen LogP) is 6.14. The monoisotopic (exact) mass is 469 g/mol. The molecule has 3 aliphatic rings. The van der Waals surface area contributed by atoms with Crippen molar-refractivity contribution < 1.29 is 9.53 Å². The van der Waals surface area contributed by atoms with Gasteiger partial charge in [0.15, 0.2) is 0 Å². The normalized spacial score (nSPS) is 21.4. The number of carbonyl (C=O) groups excluding carboxylic acids is 1. The third kappa shape index (κ3) is 6.90. The number of hydrogen-bond acceptors (Lipinski definition) is 3. The van der Waals surface area contributed by atoms with Crippen LogP contribution in [0.1, 0.15) is 90.0 Å². The lowest BCUT2D eigenvalue weighted by molar-refractivity contribution is 0.161. The quantitative estimate of drug-likeness (QED) is 0.408. The van der Waals surface area contributed by atoms with E-state index < -0.39 is 0 Å². The summed E-state index contributed by atoms with van der Waals surface area (Å²) in [6, 6.07) is 9.47. The van der Waals surface area contributed by atoms with Crippen LogP contribution in [0.2, 0.25) is 0 Å². The Hall–Kier alpha value is -1.75. The van der Waals surface area contributed by atoms with Crippen LogP contribution in [0.25, 0.3) is 0 Å². The second kappa shape index (κ2) is 11.8. The molecule has 1 saturated carbocycles. The van der Waals surface area contributed by atoms with Crippen molar-refractivity contribution in [3.8, 4) is 5.75 Å². The molecule has 2 saturated heterocycles. The highest BCUT2D eigenvalue weighted by atomic mass is 16.5. The number of likely N-dealkylation sites (tertiary alicyclic amines) is 1. The van der Waals surface area contributed by atoms with Crippen LogP contribution in [0.4, 0.5) is 4.79 Å². The molecule has 0 spiro atoms. The number of nitrogens with zero attached hydrogens (tertiary/aromatic N) is 3. The van der Waals surface area contributed by atoms with E-state index in [4.69, 9.17) is 4.74 Å². The summed E-state index contributed by atoms with van der Waals surface area (Å²) in [5.41, 5.74) is 1.56. The largest absolute Gasteiger partial charge is 0.493 e. The summed E-state index contributed by atoms with van der Waals surface area (Å²) < 4.78 is 6.22. The first-order valence-electron chi connectivity index (χ1n) is 13.9. The van der Waals surface area contributed by atoms with E-state index >= 15 is 0 Å². The number of hydrogen-bond donors (Lipinski definition) is 0. The Morgan fingerprint density at radius 2 is 1.59 bits per heavy atom. The number of carbonyl (C=O) groups is 1. The van der Waals surface area contributed by atoms with Gasteiger partial charge in [0.1, 0.15) is 5.75 Å². The van der Waals surface area contributed by atoms with Gasteiger partial charge in [-0.1, -0.05) is 58.2 Å². The zero-order valence-electron chi connectivity index (χ0n) is 21.9. The molecule has 0 N–H and O–H groups in total. The van der Waals surface area contributed by atoms with Crippen LogP contribution in [0.15, 0.2) is 24.3 Å². The van der Waals surface area contributed by atoms with Gasteiger partial charge in [-0.05, 0) is 81.1 Å². The van der Waals surface area contributed by atoms with E-state index in [0.717, 1.165) is 58.0 Å². The third-order valence-electron chi connectivity index (χ3n) is 7.90. The highest BCUT2D eigenvalue weighted by Crippen LogP contribution is 2.35. The van der Waals surface area contributed by atoms with E-state index in [1.807, 2.05) is 0 Å². The fourth-order valence-corrected chi connectivity index (χ4v) is 5.89. The Balaban J connectivity index is 1.15. The minimum Gasteiger partial charge on any atom is -0.493 e. The molecule has 190 valence electrons. The van der Waals surface area contributed by atoms with Crippen molar-refractivity contribution >= 4 is 6.03 Å². The number of ether oxygens (including phenoxy) is 1. The van der Waals surface area contributed by atoms with Gasteiger partial charge >= 0.3 is 6.03 Å². The Labute approximate surface area is 207 Å². The zero-order chi connectivity index (χ0) is 24.0. The van der Waals surface area contributed by atoms with Crippen molar-refractivity contribution in [3.63, 3.8) is 0 Å². The van der Waals surface area contributed by atoms with Crippen molar-refractivity contribution in [2.75, 3.05) is 45.9 Å². The molecule has 0 aromatic heterocycles. The number of piperidine rings is 1. The Morgan fingerprint density at radius 1 is 0.882 bits per heavy atom. The summed E-state index contributed by atoms with van der Waals surface area (Å²) >= 11 is 0. The molecular formula is C29H47N3O2. The topological polar surface area (TPSA) is 36.0 Å². The zero-order valence-corrected chi connectivity index (χ0v) is 21.9. The maximum Gasteiger partial charge on any atom is 0.320 e. The molecule has 0 atom stereocenters. The van der Waals surface area contributed by atoms with Gasteiger partial charge in [-0.15, -0.1) is 0 Å². The van der Waals surface area contributed by atoms with Crippen LogP contribution in [-0.4, -0.2) is 72.6 Å². The van der Waals surface area contributed by atoms with E-state index in [9.17, 15) is 4.79 Å². The van der Waals surface area contributed by atoms with Crippen LogP contribution in [-0.2, 0) is 0 Å². The number of urea groups is 1. The molecule has 5 heteroatoms. The van der Waals surface area contributed by atoms with Gasteiger partial charge in [0.25, 0.3) is 0 Å². The van der Waals surface area contributed by atoms with Crippen LogP contribution in [0, 0.1) is 5.41 Å². The fraction of sp³-hybridized carbons (Fsp3) is 0.759. The lowest BCUT2D eigenvalue weighted by Crippen LogP contribution is -2.40. The van der Waals surface area contributed by atoms with Gasteiger partial charge in [0, 0.05) is 25.7 Å². The van der Waals surface area contributed by atoms with Crippen molar-refractivity contribution in [2.45, 2.75) is 90.5 Å². The minimum absolute atomic E-state index is 0.171. The molecule has 2 amide bonds. The highest BCUT2D eigenvalue weighted by molar-refractivity contribution is 5.76. The molecule has 1 aromatic rings. The van der Waals surface area contributed by atoms with Crippen LogP contribution >= 0.6 is 0 Å². The van der Waals surface area contributed by atoms with E-state index in [2.05, 4.69) is 59.7 Å². The maximum atomic E-state index is 12.8. The molecule has 2 heterocycles. The van der Waals surface area contributed by atoms with Gasteiger partial charge < -0.3 is 19.4 Å². The fourth-order valence-electron chi connectivity index (χ4n) is 5.89. The second-order valence-electron chi connectivity index (χ2n) is 12.0. The molecule has 2 aliphatic heterocycles. The number of amides is 2. The van der Waals surface area contributed by atoms with E-state index in [0.29, 0.717) is 18.0 Å². The van der Waals surface area contributed by atoms with Gasteiger partial charge in [-0.25, -0.2) is 4.79 Å². The minimum atomic E-state index is 0.171. The first-order chi connectivity index (χ1) is 16.4. The first-order valence-corrected chi connectivity index (χ1v) is 13.9. The second-order valence-corrected chi connectivity index (χ2v) is 12.0. The van der Waals surface area contributed by atoms with Crippen molar-refractivity contribution in [1.82, 2.24) is 14.7 Å². The van der Waals surface area contributed by atoms with Crippen LogP contribution in [0.5, 0.6) is 5.75 Å². The molecule has 34 heavy (non-hydrogen) atoms. The lowest BCUT2D eigenvalue weighted by Gasteiger charge is -2.33. The summed E-state index contributed by atoms with van der Waals surface area (Å²) in [5, 5.41) is 0. The third-order valence-corrected chi connectivity index (χ3v) is 7.90. The highest BCUT2D eigenvalue weighted by Gasteiger charge is 2.33. The molecule has 0 unspecified atom stereocenters. The van der Waals surface area contributed by atoms with Crippen molar-refractivity contribution in [1.29, 1.82) is 0 Å². The van der Waals surface area contributed by atoms with Gasteiger partial charge in [0.2, 0.25) is 0 Å². The molecule has 1 aliphatic carbocycles. The maximum absolute atomic E-state index is 12.8. The summed E-state index contributed by atoms with van der Waals surface area (Å²) in [6.07, 6.45) is 11.1. The van der Waals surface area contributed by atoms with Crippen LogP contribution < -0.4 is 4.74 Å². The molecule has 0 radical (unpaired) electrons. The van der Waals surface area contributed by atoms with Gasteiger partial charge in [0.05, 0.1) is 6.61 Å².